The number of ether oxygens (including phenoxy) is 1. The standard InChI is InChI=1S/C20H24N2O5S2/c1-20(2,19(24)27-3)13-21-18(23)16-11-14-7-4-5-8-15(14)12-22(16)29(25,26)17-9-6-10-28-17/h4-10,16H,11-13H2,1-3H3,(H,21,23)/t16-/m1/s1. The molecule has 1 aliphatic heterocycles. The van der Waals surface area contributed by atoms with E-state index in [0.29, 0.717) is 0 Å². The van der Waals surface area contributed by atoms with Gasteiger partial charge in [0.15, 0.2) is 0 Å². The highest BCUT2D eigenvalue weighted by atomic mass is 32.2. The lowest BCUT2D eigenvalue weighted by Crippen LogP contribution is -2.54. The third kappa shape index (κ3) is 4.36. The number of carbonyl (C=O) groups excluding carboxylic acids is 2. The van der Waals surface area contributed by atoms with Gasteiger partial charge in [0.05, 0.1) is 12.5 Å². The van der Waals surface area contributed by atoms with Crippen molar-refractivity contribution in [2.75, 3.05) is 13.7 Å². The average Bonchev–Trinajstić information content (AvgIpc) is 3.26. The molecule has 1 atom stereocenters. The fraction of sp³-hybridized carbons (Fsp3) is 0.400. The predicted octanol–water partition coefficient (Wildman–Crippen LogP) is 2.18. The largest absolute Gasteiger partial charge is 0.469 e. The van der Waals surface area contributed by atoms with Crippen molar-refractivity contribution in [2.45, 2.75) is 37.1 Å². The van der Waals surface area contributed by atoms with Gasteiger partial charge in [-0.25, -0.2) is 8.42 Å². The smallest absolute Gasteiger partial charge is 0.313 e. The van der Waals surface area contributed by atoms with E-state index in [0.717, 1.165) is 22.5 Å². The molecule has 0 spiro atoms. The van der Waals surface area contributed by atoms with Crippen LogP contribution in [0.1, 0.15) is 25.0 Å². The average molecular weight is 437 g/mol. The van der Waals surface area contributed by atoms with Crippen LogP contribution in [-0.4, -0.2) is 44.3 Å². The molecule has 29 heavy (non-hydrogen) atoms. The summed E-state index contributed by atoms with van der Waals surface area (Å²) in [7, 11) is -2.54. The van der Waals surface area contributed by atoms with Gasteiger partial charge in [0.2, 0.25) is 5.91 Å². The Balaban J connectivity index is 1.89. The Morgan fingerprint density at radius 1 is 1.21 bits per heavy atom. The lowest BCUT2D eigenvalue weighted by molar-refractivity contribution is -0.150. The van der Waals surface area contributed by atoms with E-state index in [9.17, 15) is 18.0 Å². The van der Waals surface area contributed by atoms with Crippen LogP contribution in [0.3, 0.4) is 0 Å². The number of sulfonamides is 1. The van der Waals surface area contributed by atoms with Crippen LogP contribution in [0, 0.1) is 5.41 Å². The number of nitrogens with one attached hydrogen (secondary N) is 1. The molecule has 0 radical (unpaired) electrons. The van der Waals surface area contributed by atoms with Crippen molar-refractivity contribution in [3.05, 3.63) is 52.9 Å². The molecule has 9 heteroatoms. The number of fused-ring (bicyclic) bond motifs is 1. The second-order valence-electron chi connectivity index (χ2n) is 7.56. The monoisotopic (exact) mass is 436 g/mol. The number of esters is 1. The van der Waals surface area contributed by atoms with Gasteiger partial charge in [-0.2, -0.15) is 4.31 Å². The first-order valence-electron chi connectivity index (χ1n) is 9.15. The van der Waals surface area contributed by atoms with Crippen molar-refractivity contribution in [1.82, 2.24) is 9.62 Å². The van der Waals surface area contributed by atoms with Gasteiger partial charge in [-0.1, -0.05) is 30.3 Å². The number of methoxy groups -OCH3 is 1. The van der Waals surface area contributed by atoms with Crippen LogP contribution in [0.4, 0.5) is 0 Å². The van der Waals surface area contributed by atoms with Gasteiger partial charge < -0.3 is 10.1 Å². The van der Waals surface area contributed by atoms with E-state index in [2.05, 4.69) is 5.32 Å². The van der Waals surface area contributed by atoms with Crippen LogP contribution in [0.25, 0.3) is 0 Å². The summed E-state index contributed by atoms with van der Waals surface area (Å²) in [6, 6.07) is 9.82. The van der Waals surface area contributed by atoms with E-state index >= 15 is 0 Å². The Hall–Kier alpha value is -2.23. The molecule has 2 heterocycles. The highest BCUT2D eigenvalue weighted by Gasteiger charge is 2.40. The quantitative estimate of drug-likeness (QED) is 0.701. The van der Waals surface area contributed by atoms with E-state index in [1.54, 1.807) is 25.3 Å². The van der Waals surface area contributed by atoms with Crippen LogP contribution < -0.4 is 5.32 Å². The minimum Gasteiger partial charge on any atom is -0.469 e. The minimum absolute atomic E-state index is 0.0452. The van der Waals surface area contributed by atoms with Crippen LogP contribution in [0.15, 0.2) is 46.0 Å². The Kier molecular flexibility index (Phi) is 6.11. The summed E-state index contributed by atoms with van der Waals surface area (Å²) in [5, 5.41) is 4.44. The maximum Gasteiger partial charge on any atom is 0.313 e. The normalized spacial score (nSPS) is 17.4. The molecule has 0 aliphatic carbocycles. The SMILES string of the molecule is COC(=O)C(C)(C)CNC(=O)[C@H]1Cc2ccccc2CN1S(=O)(=O)c1cccs1. The third-order valence-corrected chi connectivity index (χ3v) is 8.24. The van der Waals surface area contributed by atoms with Crippen molar-refractivity contribution in [2.24, 2.45) is 5.41 Å². The summed E-state index contributed by atoms with van der Waals surface area (Å²) >= 11 is 1.12. The molecule has 1 aromatic carbocycles. The zero-order valence-corrected chi connectivity index (χ0v) is 18.2. The molecule has 0 bridgehead atoms. The topological polar surface area (TPSA) is 92.8 Å². The third-order valence-electron chi connectivity index (χ3n) is 5.01. The van der Waals surface area contributed by atoms with Gasteiger partial charge in [0, 0.05) is 13.1 Å². The lowest BCUT2D eigenvalue weighted by atomic mass is 9.92. The van der Waals surface area contributed by atoms with Crippen LogP contribution in [0.5, 0.6) is 0 Å². The first-order chi connectivity index (χ1) is 13.7. The summed E-state index contributed by atoms with van der Waals surface area (Å²) in [5.74, 6) is -0.883. The lowest BCUT2D eigenvalue weighted by Gasteiger charge is -2.35. The summed E-state index contributed by atoms with van der Waals surface area (Å²) in [4.78, 5) is 24.9. The Morgan fingerprint density at radius 3 is 2.52 bits per heavy atom. The van der Waals surface area contributed by atoms with E-state index in [1.807, 2.05) is 24.3 Å². The number of hydrogen-bond donors (Lipinski definition) is 1. The molecule has 156 valence electrons. The van der Waals surface area contributed by atoms with Crippen molar-refractivity contribution >= 4 is 33.2 Å². The molecule has 1 aliphatic rings. The molecule has 1 aromatic heterocycles. The molecule has 0 fully saturated rings. The summed E-state index contributed by atoms with van der Waals surface area (Å²) in [6.07, 6.45) is 0.269. The van der Waals surface area contributed by atoms with Crippen LogP contribution in [-0.2, 0) is 37.3 Å². The fourth-order valence-corrected chi connectivity index (χ4v) is 5.96. The molecule has 0 saturated heterocycles. The van der Waals surface area contributed by atoms with Gasteiger partial charge in [-0.15, -0.1) is 11.3 Å². The number of hydrogen-bond acceptors (Lipinski definition) is 6. The van der Waals surface area contributed by atoms with E-state index < -0.39 is 33.4 Å². The molecule has 0 saturated carbocycles. The van der Waals surface area contributed by atoms with E-state index in [-0.39, 0.29) is 23.7 Å². The highest BCUT2D eigenvalue weighted by Crippen LogP contribution is 2.31. The number of thiophene rings is 1. The van der Waals surface area contributed by atoms with Gasteiger partial charge in [0.25, 0.3) is 10.0 Å². The van der Waals surface area contributed by atoms with Gasteiger partial charge in [-0.05, 0) is 42.8 Å². The maximum absolute atomic E-state index is 13.2. The van der Waals surface area contributed by atoms with Crippen molar-refractivity contribution in [3.63, 3.8) is 0 Å². The second kappa shape index (κ2) is 8.25. The van der Waals surface area contributed by atoms with Gasteiger partial charge >= 0.3 is 5.97 Å². The number of carbonyl (C=O) groups is 2. The molecule has 2 aromatic rings. The highest BCUT2D eigenvalue weighted by molar-refractivity contribution is 7.91. The van der Waals surface area contributed by atoms with Crippen molar-refractivity contribution in [3.8, 4) is 0 Å². The Labute approximate surface area is 174 Å². The number of benzene rings is 1. The maximum atomic E-state index is 13.2. The fourth-order valence-electron chi connectivity index (χ4n) is 3.28. The predicted molar refractivity (Wildman–Crippen MR) is 110 cm³/mol. The summed E-state index contributed by atoms with van der Waals surface area (Å²) in [6.45, 7) is 3.49. The molecule has 7 nitrogen and oxygen atoms in total. The van der Waals surface area contributed by atoms with Crippen LogP contribution in [0.2, 0.25) is 0 Å². The first-order valence-corrected chi connectivity index (χ1v) is 11.5. The minimum atomic E-state index is -3.83. The first kappa shape index (κ1) is 21.5. The molecule has 1 amide bonds. The number of rotatable bonds is 6. The van der Waals surface area contributed by atoms with E-state index in [4.69, 9.17) is 4.74 Å². The Morgan fingerprint density at radius 2 is 1.90 bits per heavy atom. The zero-order valence-electron chi connectivity index (χ0n) is 16.5. The van der Waals surface area contributed by atoms with Crippen molar-refractivity contribution in [1.29, 1.82) is 0 Å². The van der Waals surface area contributed by atoms with Crippen LogP contribution >= 0.6 is 11.3 Å². The summed E-state index contributed by atoms with van der Waals surface area (Å²) in [5.41, 5.74) is 0.901. The number of amides is 1. The zero-order chi connectivity index (χ0) is 21.2. The molecule has 0 unspecified atom stereocenters. The van der Waals surface area contributed by atoms with Gasteiger partial charge in [0.1, 0.15) is 10.3 Å². The van der Waals surface area contributed by atoms with E-state index in [1.165, 1.54) is 17.5 Å². The molecule has 3 rings (SSSR count). The van der Waals surface area contributed by atoms with Gasteiger partial charge in [-0.3, -0.25) is 9.59 Å². The van der Waals surface area contributed by atoms with Crippen molar-refractivity contribution < 1.29 is 22.7 Å². The molecule has 1 N–H and O–H groups in total. The second-order valence-corrected chi connectivity index (χ2v) is 10.6. The molecular formula is C20H24N2O5S2. The number of nitrogens with zero attached hydrogens (tertiary/aromatic N) is 1. The molecular weight excluding hydrogens is 412 g/mol. The summed E-state index contributed by atoms with van der Waals surface area (Å²) < 4.78 is 32.6. The Bertz CT molecular complexity index is 1000.